The molecule has 0 aliphatic carbocycles. The smallest absolute Gasteiger partial charge is 0.269 e. The van der Waals surface area contributed by atoms with Crippen LogP contribution in [-0.2, 0) is 10.0 Å². The fraction of sp³-hybridized carbons (Fsp3) is 0.455. The Morgan fingerprint density at radius 3 is 2.53 bits per heavy atom. The molecule has 2 rings (SSSR count). The number of hydrogen-bond acceptors (Lipinski definition) is 5. The first-order valence-corrected chi connectivity index (χ1v) is 7.34. The maximum atomic E-state index is 12.4. The van der Waals surface area contributed by atoms with Crippen LogP contribution < -0.4 is 5.32 Å². The van der Waals surface area contributed by atoms with E-state index in [1.54, 1.807) is 0 Å². The van der Waals surface area contributed by atoms with Gasteiger partial charge in [-0.05, 0) is 19.1 Å². The van der Waals surface area contributed by atoms with Crippen molar-refractivity contribution in [1.82, 2.24) is 9.62 Å². The van der Waals surface area contributed by atoms with Crippen molar-refractivity contribution in [3.05, 3.63) is 34.4 Å². The lowest BCUT2D eigenvalue weighted by molar-refractivity contribution is -0.384. The van der Waals surface area contributed by atoms with E-state index in [1.807, 2.05) is 6.92 Å². The second kappa shape index (κ2) is 5.24. The van der Waals surface area contributed by atoms with Gasteiger partial charge in [-0.15, -0.1) is 0 Å². The molecule has 1 aromatic rings. The van der Waals surface area contributed by atoms with Crippen molar-refractivity contribution in [1.29, 1.82) is 0 Å². The predicted molar refractivity (Wildman–Crippen MR) is 69.3 cm³/mol. The maximum absolute atomic E-state index is 12.4. The van der Waals surface area contributed by atoms with Crippen LogP contribution in [0.15, 0.2) is 29.2 Å². The van der Waals surface area contributed by atoms with E-state index in [4.69, 9.17) is 0 Å². The van der Waals surface area contributed by atoms with Crippen molar-refractivity contribution in [2.45, 2.75) is 17.9 Å². The first-order valence-electron chi connectivity index (χ1n) is 5.90. The van der Waals surface area contributed by atoms with Gasteiger partial charge in [0.1, 0.15) is 0 Å². The Morgan fingerprint density at radius 2 is 2.00 bits per heavy atom. The molecule has 0 aromatic heterocycles. The number of nitrogens with one attached hydrogen (secondary N) is 1. The van der Waals surface area contributed by atoms with Gasteiger partial charge in [-0.1, -0.05) is 0 Å². The Labute approximate surface area is 111 Å². The number of benzene rings is 1. The monoisotopic (exact) mass is 285 g/mol. The Balaban J connectivity index is 2.30. The van der Waals surface area contributed by atoms with Crippen LogP contribution >= 0.6 is 0 Å². The van der Waals surface area contributed by atoms with Crippen LogP contribution in [-0.4, -0.2) is 43.3 Å². The molecule has 19 heavy (non-hydrogen) atoms. The van der Waals surface area contributed by atoms with Gasteiger partial charge in [-0.2, -0.15) is 4.31 Å². The molecule has 1 fully saturated rings. The summed E-state index contributed by atoms with van der Waals surface area (Å²) in [6, 6.07) is 4.85. The zero-order valence-corrected chi connectivity index (χ0v) is 11.3. The molecular formula is C11H15N3O4S. The van der Waals surface area contributed by atoms with Gasteiger partial charge in [0.25, 0.3) is 5.69 Å². The molecule has 0 amide bonds. The van der Waals surface area contributed by atoms with Gasteiger partial charge in [0.2, 0.25) is 10.0 Å². The van der Waals surface area contributed by atoms with E-state index in [0.29, 0.717) is 19.6 Å². The van der Waals surface area contributed by atoms with Crippen molar-refractivity contribution >= 4 is 15.7 Å². The van der Waals surface area contributed by atoms with Crippen molar-refractivity contribution in [3.63, 3.8) is 0 Å². The Kier molecular flexibility index (Phi) is 3.83. The molecule has 7 nitrogen and oxygen atoms in total. The first-order chi connectivity index (χ1) is 8.93. The summed E-state index contributed by atoms with van der Waals surface area (Å²) in [4.78, 5) is 10.1. The summed E-state index contributed by atoms with van der Waals surface area (Å²) in [7, 11) is -3.58. The van der Waals surface area contributed by atoms with Crippen LogP contribution in [0, 0.1) is 10.1 Å². The molecule has 104 valence electrons. The van der Waals surface area contributed by atoms with Crippen molar-refractivity contribution < 1.29 is 13.3 Å². The highest BCUT2D eigenvalue weighted by Gasteiger charge is 2.30. The zero-order chi connectivity index (χ0) is 14.0. The summed E-state index contributed by atoms with van der Waals surface area (Å²) >= 11 is 0. The number of hydrogen-bond donors (Lipinski definition) is 1. The molecule has 0 bridgehead atoms. The van der Waals surface area contributed by atoms with Gasteiger partial charge in [-0.25, -0.2) is 8.42 Å². The number of nitrogens with zero attached hydrogens (tertiary/aromatic N) is 2. The van der Waals surface area contributed by atoms with Gasteiger partial charge in [-0.3, -0.25) is 10.1 Å². The van der Waals surface area contributed by atoms with Gasteiger partial charge >= 0.3 is 0 Å². The summed E-state index contributed by atoms with van der Waals surface area (Å²) in [5.41, 5.74) is -0.118. The average Bonchev–Trinajstić information content (AvgIpc) is 2.39. The van der Waals surface area contributed by atoms with Crippen LogP contribution in [0.3, 0.4) is 0 Å². The molecule has 0 spiro atoms. The van der Waals surface area contributed by atoms with E-state index in [2.05, 4.69) is 5.32 Å². The Morgan fingerprint density at radius 1 is 1.37 bits per heavy atom. The number of piperazine rings is 1. The van der Waals surface area contributed by atoms with Gasteiger partial charge in [0, 0.05) is 37.8 Å². The largest absolute Gasteiger partial charge is 0.314 e. The van der Waals surface area contributed by atoms with E-state index in [9.17, 15) is 18.5 Å². The highest BCUT2D eigenvalue weighted by atomic mass is 32.2. The topological polar surface area (TPSA) is 92.6 Å². The van der Waals surface area contributed by atoms with E-state index in [0.717, 1.165) is 0 Å². The second-order valence-corrected chi connectivity index (χ2v) is 6.31. The van der Waals surface area contributed by atoms with Gasteiger partial charge in [0.05, 0.1) is 9.82 Å². The molecule has 1 atom stereocenters. The number of rotatable bonds is 3. The van der Waals surface area contributed by atoms with Crippen LogP contribution in [0.25, 0.3) is 0 Å². The van der Waals surface area contributed by atoms with Gasteiger partial charge < -0.3 is 5.32 Å². The third-order valence-corrected chi connectivity index (χ3v) is 5.12. The van der Waals surface area contributed by atoms with Crippen LogP contribution in [0.5, 0.6) is 0 Å². The minimum absolute atomic E-state index is 0.0897. The SMILES string of the molecule is C[C@@H]1CNCCN1S(=O)(=O)c1ccc([N+](=O)[O-])cc1. The number of non-ortho nitro benzene ring substituents is 1. The fourth-order valence-electron chi connectivity index (χ4n) is 2.05. The molecule has 8 heteroatoms. The molecule has 1 aliphatic heterocycles. The lowest BCUT2D eigenvalue weighted by Crippen LogP contribution is -2.52. The van der Waals surface area contributed by atoms with E-state index in [-0.39, 0.29) is 16.6 Å². The lowest BCUT2D eigenvalue weighted by atomic mass is 10.3. The number of sulfonamides is 1. The third-order valence-electron chi connectivity index (χ3n) is 3.09. The minimum atomic E-state index is -3.58. The second-order valence-electron chi connectivity index (χ2n) is 4.42. The molecule has 1 N–H and O–H groups in total. The number of nitro benzene ring substituents is 1. The Hall–Kier alpha value is -1.51. The molecule has 1 aliphatic rings. The lowest BCUT2D eigenvalue weighted by Gasteiger charge is -2.32. The normalized spacial score (nSPS) is 21.2. The summed E-state index contributed by atoms with van der Waals surface area (Å²) in [5, 5.41) is 13.7. The summed E-state index contributed by atoms with van der Waals surface area (Å²) < 4.78 is 26.2. The first kappa shape index (κ1) is 13.9. The van der Waals surface area contributed by atoms with E-state index >= 15 is 0 Å². The van der Waals surface area contributed by atoms with Crippen LogP contribution in [0.1, 0.15) is 6.92 Å². The molecule has 1 aromatic carbocycles. The summed E-state index contributed by atoms with van der Waals surface area (Å²) in [6.45, 7) is 3.44. The van der Waals surface area contributed by atoms with E-state index in [1.165, 1.54) is 28.6 Å². The molecular weight excluding hydrogens is 270 g/mol. The zero-order valence-electron chi connectivity index (χ0n) is 10.4. The quantitative estimate of drug-likeness (QED) is 0.647. The van der Waals surface area contributed by atoms with Crippen molar-refractivity contribution in [2.24, 2.45) is 0 Å². The van der Waals surface area contributed by atoms with Crippen LogP contribution in [0.4, 0.5) is 5.69 Å². The standard InChI is InChI=1S/C11H15N3O4S/c1-9-8-12-6-7-13(9)19(17,18)11-4-2-10(3-5-11)14(15)16/h2-5,9,12H,6-8H2,1H3/t9-/m1/s1. The van der Waals surface area contributed by atoms with Gasteiger partial charge in [0.15, 0.2) is 0 Å². The molecule has 1 heterocycles. The molecule has 0 unspecified atom stereocenters. The third kappa shape index (κ3) is 2.75. The van der Waals surface area contributed by atoms with E-state index < -0.39 is 14.9 Å². The molecule has 0 radical (unpaired) electrons. The highest BCUT2D eigenvalue weighted by molar-refractivity contribution is 7.89. The summed E-state index contributed by atoms with van der Waals surface area (Å²) in [6.07, 6.45) is 0. The van der Waals surface area contributed by atoms with Crippen molar-refractivity contribution in [3.8, 4) is 0 Å². The minimum Gasteiger partial charge on any atom is -0.314 e. The Bertz CT molecular complexity index is 570. The van der Waals surface area contributed by atoms with Crippen molar-refractivity contribution in [2.75, 3.05) is 19.6 Å². The average molecular weight is 285 g/mol. The van der Waals surface area contributed by atoms with Crippen LogP contribution in [0.2, 0.25) is 0 Å². The molecule has 0 saturated carbocycles. The predicted octanol–water partition coefficient (Wildman–Crippen LogP) is 0.577. The fourth-order valence-corrected chi connectivity index (χ4v) is 3.69. The molecule has 1 saturated heterocycles. The summed E-state index contributed by atoms with van der Waals surface area (Å²) in [5.74, 6) is 0. The maximum Gasteiger partial charge on any atom is 0.269 e. The highest BCUT2D eigenvalue weighted by Crippen LogP contribution is 2.21. The number of nitro groups is 1.